The van der Waals surface area contributed by atoms with Crippen molar-refractivity contribution in [2.45, 2.75) is 19.8 Å². The molecule has 2 amide bonds. The van der Waals surface area contributed by atoms with Gasteiger partial charge in [-0.2, -0.15) is 0 Å². The maximum absolute atomic E-state index is 12.2. The maximum atomic E-state index is 12.2. The lowest BCUT2D eigenvalue weighted by atomic mass is 9.99. The second kappa shape index (κ2) is 8.97. The van der Waals surface area contributed by atoms with Gasteiger partial charge in [0.15, 0.2) is 6.61 Å². The molecule has 1 aliphatic rings. The lowest BCUT2D eigenvalue weighted by Gasteiger charge is -2.32. The number of benzene rings is 2. The summed E-state index contributed by atoms with van der Waals surface area (Å²) in [6.07, 6.45) is 2.40. The second-order valence-corrected chi connectivity index (χ2v) is 7.49. The fourth-order valence-corrected chi connectivity index (χ4v) is 3.36. The van der Waals surface area contributed by atoms with Crippen molar-refractivity contribution in [1.82, 2.24) is 0 Å². The van der Waals surface area contributed by atoms with E-state index < -0.39 is 5.91 Å². The number of hydrogen-bond acceptors (Lipinski definition) is 4. The molecule has 1 heterocycles. The molecule has 1 saturated heterocycles. The molecular formula is C21H24ClN3O3. The molecule has 0 spiro atoms. The van der Waals surface area contributed by atoms with Gasteiger partial charge in [-0.3, -0.25) is 9.59 Å². The number of nitrogens with one attached hydrogen (secondary N) is 1. The van der Waals surface area contributed by atoms with Crippen LogP contribution in [0.4, 0.5) is 11.4 Å². The van der Waals surface area contributed by atoms with Crippen LogP contribution >= 0.6 is 11.6 Å². The molecule has 0 aliphatic carbocycles. The van der Waals surface area contributed by atoms with Crippen molar-refractivity contribution in [3.05, 3.63) is 53.1 Å². The van der Waals surface area contributed by atoms with Crippen molar-refractivity contribution in [3.8, 4) is 5.75 Å². The van der Waals surface area contributed by atoms with Crippen LogP contribution in [0.15, 0.2) is 42.5 Å². The fraction of sp³-hybridized carbons (Fsp3) is 0.333. The molecule has 6 nitrogen and oxygen atoms in total. The molecular weight excluding hydrogens is 378 g/mol. The van der Waals surface area contributed by atoms with Crippen LogP contribution < -0.4 is 20.7 Å². The Kier molecular flexibility index (Phi) is 6.41. The molecule has 148 valence electrons. The van der Waals surface area contributed by atoms with Gasteiger partial charge in [-0.15, -0.1) is 0 Å². The number of hydrogen-bond donors (Lipinski definition) is 2. The van der Waals surface area contributed by atoms with Gasteiger partial charge in [-0.1, -0.05) is 18.5 Å². The zero-order valence-electron chi connectivity index (χ0n) is 15.8. The van der Waals surface area contributed by atoms with E-state index in [0.29, 0.717) is 10.7 Å². The molecule has 0 radical (unpaired) electrons. The zero-order valence-corrected chi connectivity index (χ0v) is 16.5. The number of anilines is 2. The highest BCUT2D eigenvalue weighted by molar-refractivity contribution is 6.31. The Morgan fingerprint density at radius 3 is 2.50 bits per heavy atom. The second-order valence-electron chi connectivity index (χ2n) is 7.06. The number of primary amides is 1. The standard InChI is InChI=1S/C21H24ClN3O3/c1-14-8-10-25(11-9-14)17-5-3-16(4-6-17)24-20(26)13-28-19-7-2-15(22)12-18(19)21(23)27/h2-7,12,14H,8-11,13H2,1H3,(H2,23,27)(H,24,26). The highest BCUT2D eigenvalue weighted by atomic mass is 35.5. The van der Waals surface area contributed by atoms with Crippen LogP contribution in [0.5, 0.6) is 5.75 Å². The molecule has 0 bridgehead atoms. The monoisotopic (exact) mass is 401 g/mol. The van der Waals surface area contributed by atoms with Crippen LogP contribution in [-0.4, -0.2) is 31.5 Å². The number of carbonyl (C=O) groups excluding carboxylic acids is 2. The molecule has 2 aromatic carbocycles. The third-order valence-corrected chi connectivity index (χ3v) is 5.10. The Morgan fingerprint density at radius 1 is 1.18 bits per heavy atom. The normalized spacial score (nSPS) is 14.6. The molecule has 28 heavy (non-hydrogen) atoms. The maximum Gasteiger partial charge on any atom is 0.262 e. The molecule has 0 atom stereocenters. The molecule has 3 rings (SSSR count). The van der Waals surface area contributed by atoms with Crippen molar-refractivity contribution in [3.63, 3.8) is 0 Å². The summed E-state index contributed by atoms with van der Waals surface area (Å²) in [5.74, 6) is 0.0118. The first-order valence-electron chi connectivity index (χ1n) is 9.29. The van der Waals surface area contributed by atoms with Crippen molar-refractivity contribution in [2.75, 3.05) is 29.9 Å². The van der Waals surface area contributed by atoms with Gasteiger partial charge < -0.3 is 20.7 Å². The van der Waals surface area contributed by atoms with Crippen LogP contribution in [0, 0.1) is 5.92 Å². The third kappa shape index (κ3) is 5.16. The highest BCUT2D eigenvalue weighted by Crippen LogP contribution is 2.25. The smallest absolute Gasteiger partial charge is 0.262 e. The summed E-state index contributed by atoms with van der Waals surface area (Å²) in [4.78, 5) is 26.0. The van der Waals surface area contributed by atoms with Crippen molar-refractivity contribution < 1.29 is 14.3 Å². The number of rotatable bonds is 6. The number of piperidine rings is 1. The SMILES string of the molecule is CC1CCN(c2ccc(NC(=O)COc3ccc(Cl)cc3C(N)=O)cc2)CC1. The number of nitrogens with zero attached hydrogens (tertiary/aromatic N) is 1. The first-order chi connectivity index (χ1) is 13.4. The van der Waals surface area contributed by atoms with Gasteiger partial charge in [-0.05, 0) is 61.2 Å². The van der Waals surface area contributed by atoms with Gasteiger partial charge in [0.2, 0.25) is 0 Å². The number of ether oxygens (including phenoxy) is 1. The average Bonchev–Trinajstić information content (AvgIpc) is 2.68. The topological polar surface area (TPSA) is 84.7 Å². The Bertz CT molecular complexity index is 846. The van der Waals surface area contributed by atoms with E-state index in [1.165, 1.54) is 25.0 Å². The first kappa shape index (κ1) is 20.0. The Morgan fingerprint density at radius 2 is 1.86 bits per heavy atom. The summed E-state index contributed by atoms with van der Waals surface area (Å²) in [5, 5.41) is 3.15. The molecule has 3 N–H and O–H groups in total. The largest absolute Gasteiger partial charge is 0.483 e. The quantitative estimate of drug-likeness (QED) is 0.773. The predicted octanol–water partition coefficient (Wildman–Crippen LogP) is 3.69. The predicted molar refractivity (Wildman–Crippen MR) is 111 cm³/mol. The van der Waals surface area contributed by atoms with E-state index in [1.807, 2.05) is 24.3 Å². The van der Waals surface area contributed by atoms with Gasteiger partial charge in [0.05, 0.1) is 5.56 Å². The van der Waals surface area contributed by atoms with Crippen molar-refractivity contribution >= 4 is 34.8 Å². The van der Waals surface area contributed by atoms with E-state index in [4.69, 9.17) is 22.1 Å². The molecule has 0 unspecified atom stereocenters. The minimum absolute atomic E-state index is 0.139. The van der Waals surface area contributed by atoms with Crippen LogP contribution in [-0.2, 0) is 4.79 Å². The van der Waals surface area contributed by atoms with Crippen LogP contribution in [0.25, 0.3) is 0 Å². The van der Waals surface area contributed by atoms with Crippen molar-refractivity contribution in [1.29, 1.82) is 0 Å². The number of amides is 2. The zero-order chi connectivity index (χ0) is 20.1. The Hall–Kier alpha value is -2.73. The van der Waals surface area contributed by atoms with Gasteiger partial charge in [0, 0.05) is 29.5 Å². The number of halogens is 1. The van der Waals surface area contributed by atoms with Gasteiger partial charge >= 0.3 is 0 Å². The average molecular weight is 402 g/mol. The Labute approximate surface area is 169 Å². The molecule has 0 saturated carbocycles. The van der Waals surface area contributed by atoms with E-state index in [2.05, 4.69) is 17.1 Å². The molecule has 0 aromatic heterocycles. The molecule has 7 heteroatoms. The van der Waals surface area contributed by atoms with Crippen molar-refractivity contribution in [2.24, 2.45) is 11.7 Å². The lowest BCUT2D eigenvalue weighted by Crippen LogP contribution is -2.32. The molecule has 1 aliphatic heterocycles. The van der Waals surface area contributed by atoms with Crippen LogP contribution in [0.1, 0.15) is 30.1 Å². The molecule has 2 aromatic rings. The highest BCUT2D eigenvalue weighted by Gasteiger charge is 2.16. The van der Waals surface area contributed by atoms with E-state index in [1.54, 1.807) is 6.07 Å². The number of nitrogens with two attached hydrogens (primary N) is 1. The summed E-state index contributed by atoms with van der Waals surface area (Å²) >= 11 is 5.86. The number of carbonyl (C=O) groups is 2. The fourth-order valence-electron chi connectivity index (χ4n) is 3.18. The minimum atomic E-state index is -0.666. The van der Waals surface area contributed by atoms with Gasteiger partial charge in [0.1, 0.15) is 5.75 Å². The van der Waals surface area contributed by atoms with E-state index in [-0.39, 0.29) is 23.8 Å². The first-order valence-corrected chi connectivity index (χ1v) is 9.67. The summed E-state index contributed by atoms with van der Waals surface area (Å²) in [5.41, 5.74) is 7.30. The van der Waals surface area contributed by atoms with Gasteiger partial charge in [-0.25, -0.2) is 0 Å². The van der Waals surface area contributed by atoms with E-state index >= 15 is 0 Å². The summed E-state index contributed by atoms with van der Waals surface area (Å²) in [6, 6.07) is 12.3. The van der Waals surface area contributed by atoms with Gasteiger partial charge in [0.25, 0.3) is 11.8 Å². The van der Waals surface area contributed by atoms with E-state index in [9.17, 15) is 9.59 Å². The Balaban J connectivity index is 1.55. The minimum Gasteiger partial charge on any atom is -0.483 e. The third-order valence-electron chi connectivity index (χ3n) is 4.87. The van der Waals surface area contributed by atoms with Crippen LogP contribution in [0.2, 0.25) is 5.02 Å². The summed E-state index contributed by atoms with van der Waals surface area (Å²) in [6.45, 7) is 4.16. The molecule has 1 fully saturated rings. The van der Waals surface area contributed by atoms with E-state index in [0.717, 1.165) is 24.7 Å². The lowest BCUT2D eigenvalue weighted by molar-refractivity contribution is -0.118. The summed E-state index contributed by atoms with van der Waals surface area (Å²) in [7, 11) is 0. The summed E-state index contributed by atoms with van der Waals surface area (Å²) < 4.78 is 5.44. The van der Waals surface area contributed by atoms with Crippen LogP contribution in [0.3, 0.4) is 0 Å².